The first-order chi connectivity index (χ1) is 10.2. The second-order valence-corrected chi connectivity index (χ2v) is 5.98. The summed E-state index contributed by atoms with van der Waals surface area (Å²) in [6.07, 6.45) is 2.17. The van der Waals surface area contributed by atoms with Gasteiger partial charge in [-0.05, 0) is 37.6 Å². The van der Waals surface area contributed by atoms with E-state index in [1.54, 1.807) is 7.11 Å². The Morgan fingerprint density at radius 3 is 2.67 bits per heavy atom. The van der Waals surface area contributed by atoms with Gasteiger partial charge < -0.3 is 15.4 Å². The molecule has 2 rings (SSSR count). The van der Waals surface area contributed by atoms with Crippen LogP contribution in [0.4, 0.5) is 5.69 Å². The molecule has 4 nitrogen and oxygen atoms in total. The summed E-state index contributed by atoms with van der Waals surface area (Å²) in [5.74, 6) is 0. The van der Waals surface area contributed by atoms with E-state index in [0.717, 1.165) is 57.2 Å². The molecule has 1 aromatic rings. The highest BCUT2D eigenvalue weighted by atomic mass is 35.5. The molecule has 1 aliphatic heterocycles. The van der Waals surface area contributed by atoms with Gasteiger partial charge in [-0.15, -0.1) is 0 Å². The Balaban J connectivity index is 1.89. The quantitative estimate of drug-likeness (QED) is 0.838. The molecule has 1 saturated heterocycles. The molecule has 5 heteroatoms. The maximum Gasteiger partial charge on any atom is 0.0618 e. The second-order valence-electron chi connectivity index (χ2n) is 5.54. The van der Waals surface area contributed by atoms with Gasteiger partial charge >= 0.3 is 0 Å². The number of nitrogens with two attached hydrogens (primary N) is 1. The van der Waals surface area contributed by atoms with Gasteiger partial charge in [0.25, 0.3) is 0 Å². The maximum absolute atomic E-state index is 6.08. The number of methoxy groups -OCH3 is 1. The van der Waals surface area contributed by atoms with Gasteiger partial charge in [0, 0.05) is 50.0 Å². The molecule has 0 aliphatic carbocycles. The van der Waals surface area contributed by atoms with E-state index < -0.39 is 0 Å². The normalized spacial score (nSPS) is 18.0. The van der Waals surface area contributed by atoms with Gasteiger partial charge in [-0.25, -0.2) is 0 Å². The highest BCUT2D eigenvalue weighted by Crippen LogP contribution is 2.21. The zero-order valence-electron chi connectivity index (χ0n) is 12.8. The van der Waals surface area contributed by atoms with Crippen LogP contribution in [-0.2, 0) is 4.74 Å². The van der Waals surface area contributed by atoms with Crippen molar-refractivity contribution in [2.24, 2.45) is 5.73 Å². The molecule has 0 radical (unpaired) electrons. The molecule has 0 aromatic heterocycles. The number of benzene rings is 1. The minimum absolute atomic E-state index is 0.486. The fraction of sp³-hybridized carbons (Fsp3) is 0.625. The Bertz CT molecular complexity index is 422. The lowest BCUT2D eigenvalue weighted by atomic mass is 10.1. The van der Waals surface area contributed by atoms with E-state index >= 15 is 0 Å². The zero-order valence-corrected chi connectivity index (χ0v) is 13.6. The van der Waals surface area contributed by atoms with Gasteiger partial charge in [-0.3, -0.25) is 4.90 Å². The molecule has 0 saturated carbocycles. The molecule has 0 bridgehead atoms. The fourth-order valence-corrected chi connectivity index (χ4v) is 3.12. The van der Waals surface area contributed by atoms with E-state index in [1.165, 1.54) is 5.69 Å². The van der Waals surface area contributed by atoms with Crippen molar-refractivity contribution in [2.75, 3.05) is 51.3 Å². The Morgan fingerprint density at radius 2 is 2.05 bits per heavy atom. The number of piperazine rings is 1. The summed E-state index contributed by atoms with van der Waals surface area (Å²) in [7, 11) is 1.78. The van der Waals surface area contributed by atoms with Crippen LogP contribution in [0.5, 0.6) is 0 Å². The molecule has 2 N–H and O–H groups in total. The van der Waals surface area contributed by atoms with E-state index in [4.69, 9.17) is 22.1 Å². The van der Waals surface area contributed by atoms with Crippen molar-refractivity contribution in [2.45, 2.75) is 18.9 Å². The van der Waals surface area contributed by atoms with E-state index in [1.807, 2.05) is 18.2 Å². The number of hydrogen-bond donors (Lipinski definition) is 1. The summed E-state index contributed by atoms with van der Waals surface area (Å²) < 4.78 is 5.37. The van der Waals surface area contributed by atoms with Crippen LogP contribution in [0.2, 0.25) is 5.02 Å². The van der Waals surface area contributed by atoms with Gasteiger partial charge in [0.15, 0.2) is 0 Å². The number of anilines is 1. The minimum atomic E-state index is 0.486. The second kappa shape index (κ2) is 8.59. The average Bonchev–Trinajstić information content (AvgIpc) is 2.52. The molecule has 1 atom stereocenters. The van der Waals surface area contributed by atoms with Crippen LogP contribution in [0, 0.1) is 0 Å². The fourth-order valence-electron chi connectivity index (χ4n) is 2.94. The zero-order chi connectivity index (χ0) is 15.1. The first kappa shape index (κ1) is 16.6. The molecule has 21 heavy (non-hydrogen) atoms. The smallest absolute Gasteiger partial charge is 0.0618 e. The number of rotatable bonds is 7. The molecule has 1 unspecified atom stereocenters. The molecular weight excluding hydrogens is 286 g/mol. The predicted molar refractivity (Wildman–Crippen MR) is 89.2 cm³/mol. The third kappa shape index (κ3) is 4.85. The van der Waals surface area contributed by atoms with E-state index in [-0.39, 0.29) is 0 Å². The number of nitrogens with zero attached hydrogens (tertiary/aromatic N) is 2. The largest absolute Gasteiger partial charge is 0.383 e. The van der Waals surface area contributed by atoms with Gasteiger partial charge in [0.1, 0.15) is 0 Å². The Morgan fingerprint density at radius 1 is 1.29 bits per heavy atom. The lowest BCUT2D eigenvalue weighted by molar-refractivity contribution is 0.0801. The maximum atomic E-state index is 6.08. The first-order valence-corrected chi connectivity index (χ1v) is 8.06. The van der Waals surface area contributed by atoms with Crippen LogP contribution >= 0.6 is 11.6 Å². The minimum Gasteiger partial charge on any atom is -0.383 e. The number of ether oxygens (including phenoxy) is 1. The van der Waals surface area contributed by atoms with Crippen molar-refractivity contribution in [1.82, 2.24) is 4.90 Å². The first-order valence-electron chi connectivity index (χ1n) is 7.68. The summed E-state index contributed by atoms with van der Waals surface area (Å²) in [4.78, 5) is 4.93. The van der Waals surface area contributed by atoms with Crippen molar-refractivity contribution in [1.29, 1.82) is 0 Å². The summed E-state index contributed by atoms with van der Waals surface area (Å²) in [5, 5.41) is 0.801. The number of hydrogen-bond acceptors (Lipinski definition) is 4. The van der Waals surface area contributed by atoms with Crippen molar-refractivity contribution >= 4 is 17.3 Å². The van der Waals surface area contributed by atoms with Crippen LogP contribution in [0.1, 0.15) is 12.8 Å². The highest BCUT2D eigenvalue weighted by molar-refractivity contribution is 6.30. The van der Waals surface area contributed by atoms with Crippen LogP contribution in [0.25, 0.3) is 0 Å². The van der Waals surface area contributed by atoms with Crippen LogP contribution in [-0.4, -0.2) is 57.4 Å². The molecule has 1 aliphatic rings. The molecule has 1 fully saturated rings. The Labute approximate surface area is 132 Å². The molecule has 0 spiro atoms. The Kier molecular flexibility index (Phi) is 6.77. The van der Waals surface area contributed by atoms with E-state index in [2.05, 4.69) is 15.9 Å². The third-order valence-corrected chi connectivity index (χ3v) is 4.34. The summed E-state index contributed by atoms with van der Waals surface area (Å²) in [6.45, 7) is 5.72. The highest BCUT2D eigenvalue weighted by Gasteiger charge is 2.23. The third-order valence-electron chi connectivity index (χ3n) is 4.10. The van der Waals surface area contributed by atoms with Gasteiger partial charge in [0.2, 0.25) is 0 Å². The number of halogens is 1. The molecule has 1 aromatic carbocycles. The SMILES string of the molecule is COCC(CCCN)N1CCN(c2cccc(Cl)c2)CC1. The molecule has 1 heterocycles. The molecular formula is C16H26ClN3O. The van der Waals surface area contributed by atoms with E-state index in [0.29, 0.717) is 6.04 Å². The van der Waals surface area contributed by atoms with Crippen molar-refractivity contribution in [3.63, 3.8) is 0 Å². The summed E-state index contributed by atoms with van der Waals surface area (Å²) in [5.41, 5.74) is 6.85. The van der Waals surface area contributed by atoms with Gasteiger partial charge in [-0.2, -0.15) is 0 Å². The lowest BCUT2D eigenvalue weighted by Crippen LogP contribution is -2.51. The van der Waals surface area contributed by atoms with Crippen LogP contribution in [0.15, 0.2) is 24.3 Å². The van der Waals surface area contributed by atoms with Crippen molar-refractivity contribution < 1.29 is 4.74 Å². The van der Waals surface area contributed by atoms with Crippen LogP contribution < -0.4 is 10.6 Å². The lowest BCUT2D eigenvalue weighted by Gasteiger charge is -2.40. The predicted octanol–water partition coefficient (Wildman–Crippen LogP) is 2.22. The Hall–Kier alpha value is -0.810. The monoisotopic (exact) mass is 311 g/mol. The van der Waals surface area contributed by atoms with Crippen molar-refractivity contribution in [3.05, 3.63) is 29.3 Å². The van der Waals surface area contributed by atoms with Crippen molar-refractivity contribution in [3.8, 4) is 0 Å². The average molecular weight is 312 g/mol. The standard InChI is InChI=1S/C16H26ClN3O/c1-21-13-16(6-3-7-18)20-10-8-19(9-11-20)15-5-2-4-14(17)12-15/h2,4-5,12,16H,3,6-11,13,18H2,1H3. The summed E-state index contributed by atoms with van der Waals surface area (Å²) in [6, 6.07) is 8.59. The van der Waals surface area contributed by atoms with E-state index in [9.17, 15) is 0 Å². The molecule has 118 valence electrons. The topological polar surface area (TPSA) is 41.7 Å². The summed E-state index contributed by atoms with van der Waals surface area (Å²) >= 11 is 6.08. The van der Waals surface area contributed by atoms with Gasteiger partial charge in [0.05, 0.1) is 6.61 Å². The molecule has 0 amide bonds. The van der Waals surface area contributed by atoms with Gasteiger partial charge in [-0.1, -0.05) is 17.7 Å². The van der Waals surface area contributed by atoms with Crippen LogP contribution in [0.3, 0.4) is 0 Å².